The Hall–Kier alpha value is -1.31. The highest BCUT2D eigenvalue weighted by molar-refractivity contribution is 7.99. The maximum atomic E-state index is 6.20. The normalized spacial score (nSPS) is 14.2. The van der Waals surface area contributed by atoms with E-state index in [9.17, 15) is 0 Å². The van der Waals surface area contributed by atoms with Crippen LogP contribution in [-0.2, 0) is 0 Å². The molecule has 2 atom stereocenters. The molecule has 0 amide bonds. The van der Waals surface area contributed by atoms with E-state index in [1.165, 1.54) is 17.3 Å². The lowest BCUT2D eigenvalue weighted by atomic mass is 10.1. The van der Waals surface area contributed by atoms with Crippen molar-refractivity contribution >= 4 is 34.7 Å². The first-order valence-corrected chi connectivity index (χ1v) is 7.76. The van der Waals surface area contributed by atoms with Gasteiger partial charge in [-0.3, -0.25) is 0 Å². The number of thioether (sulfide) groups is 1. The van der Waals surface area contributed by atoms with Gasteiger partial charge >= 0.3 is 0 Å². The zero-order valence-corrected chi connectivity index (χ0v) is 12.2. The molecule has 0 saturated heterocycles. The van der Waals surface area contributed by atoms with Crippen LogP contribution < -0.4 is 17.2 Å². The Morgan fingerprint density at radius 2 is 2.00 bits per heavy atom. The molecule has 19 heavy (non-hydrogen) atoms. The number of nitrogens with two attached hydrogens (primary N) is 3. The smallest absolute Gasteiger partial charge is 0.192 e. The van der Waals surface area contributed by atoms with Crippen molar-refractivity contribution in [3.8, 4) is 0 Å². The lowest BCUT2D eigenvalue weighted by molar-refractivity contribution is 0.633. The van der Waals surface area contributed by atoms with Gasteiger partial charge in [-0.1, -0.05) is 18.7 Å². The summed E-state index contributed by atoms with van der Waals surface area (Å²) in [5.74, 6) is 0.758. The average Bonchev–Trinajstić information content (AvgIpc) is 2.87. The standard InChI is InChI=1S/C12H17N5S2/c1-2-8(13)11(7-3-4-18-6-7)19-12-16-9(14)5-10(15)17-12/h3-6,8,11H,2,13H2,1H3,(H4,14,15,16,17). The molecular weight excluding hydrogens is 278 g/mol. The van der Waals surface area contributed by atoms with Crippen molar-refractivity contribution in [1.82, 2.24) is 9.97 Å². The number of thiophene rings is 1. The van der Waals surface area contributed by atoms with Gasteiger partial charge in [-0.2, -0.15) is 11.3 Å². The van der Waals surface area contributed by atoms with Gasteiger partial charge in [0.25, 0.3) is 0 Å². The quantitative estimate of drug-likeness (QED) is 0.577. The summed E-state index contributed by atoms with van der Waals surface area (Å²) in [5.41, 5.74) is 18.8. The van der Waals surface area contributed by atoms with E-state index >= 15 is 0 Å². The molecule has 2 rings (SSSR count). The highest BCUT2D eigenvalue weighted by Gasteiger charge is 2.22. The number of anilines is 2. The van der Waals surface area contributed by atoms with Crippen LogP contribution >= 0.6 is 23.1 Å². The van der Waals surface area contributed by atoms with Crippen LogP contribution in [0.3, 0.4) is 0 Å². The maximum absolute atomic E-state index is 6.20. The predicted octanol–water partition coefficient (Wildman–Crippen LogP) is 2.27. The fourth-order valence-electron chi connectivity index (χ4n) is 1.68. The third-order valence-corrected chi connectivity index (χ3v) is 4.68. The van der Waals surface area contributed by atoms with Gasteiger partial charge < -0.3 is 17.2 Å². The minimum absolute atomic E-state index is 0.0332. The molecule has 2 aromatic rings. The molecule has 0 fully saturated rings. The fourth-order valence-corrected chi connectivity index (χ4v) is 3.66. The van der Waals surface area contributed by atoms with Gasteiger partial charge in [0.1, 0.15) is 11.6 Å². The number of nitrogens with zero attached hydrogens (tertiary/aromatic N) is 2. The molecule has 0 spiro atoms. The molecule has 102 valence electrons. The molecule has 2 aromatic heterocycles. The SMILES string of the molecule is CCC(N)C(Sc1nc(N)cc(N)n1)c1ccsc1. The van der Waals surface area contributed by atoms with E-state index in [0.29, 0.717) is 16.8 Å². The second kappa shape index (κ2) is 6.23. The fraction of sp³-hybridized carbons (Fsp3) is 0.333. The Bertz CT molecular complexity index is 509. The van der Waals surface area contributed by atoms with Crippen LogP contribution in [0.1, 0.15) is 24.2 Å². The van der Waals surface area contributed by atoms with Crippen LogP contribution in [-0.4, -0.2) is 16.0 Å². The van der Waals surface area contributed by atoms with E-state index in [1.54, 1.807) is 17.4 Å². The van der Waals surface area contributed by atoms with Crippen molar-refractivity contribution < 1.29 is 0 Å². The van der Waals surface area contributed by atoms with Gasteiger partial charge in [0.05, 0.1) is 5.25 Å². The minimum atomic E-state index is 0.0332. The van der Waals surface area contributed by atoms with Crippen molar-refractivity contribution in [3.05, 3.63) is 28.5 Å². The van der Waals surface area contributed by atoms with E-state index < -0.39 is 0 Å². The molecule has 0 aliphatic rings. The number of hydrogen-bond donors (Lipinski definition) is 3. The zero-order valence-electron chi connectivity index (χ0n) is 10.6. The molecule has 0 aromatic carbocycles. The maximum Gasteiger partial charge on any atom is 0.192 e. The predicted molar refractivity (Wildman–Crippen MR) is 82.0 cm³/mol. The van der Waals surface area contributed by atoms with Crippen molar-refractivity contribution in [3.63, 3.8) is 0 Å². The van der Waals surface area contributed by atoms with E-state index in [-0.39, 0.29) is 11.3 Å². The van der Waals surface area contributed by atoms with Gasteiger partial charge in [0, 0.05) is 12.1 Å². The summed E-state index contributed by atoms with van der Waals surface area (Å²) in [6, 6.07) is 3.66. The van der Waals surface area contributed by atoms with Crippen molar-refractivity contribution in [2.75, 3.05) is 11.5 Å². The van der Waals surface area contributed by atoms with Crippen LogP contribution in [0.4, 0.5) is 11.6 Å². The summed E-state index contributed by atoms with van der Waals surface area (Å²) >= 11 is 3.16. The van der Waals surface area contributed by atoms with Gasteiger partial charge in [0.2, 0.25) is 0 Å². The first-order chi connectivity index (χ1) is 9.10. The number of nitrogen functional groups attached to an aromatic ring is 2. The highest BCUT2D eigenvalue weighted by atomic mass is 32.2. The molecular formula is C12H17N5S2. The lowest BCUT2D eigenvalue weighted by Crippen LogP contribution is -2.25. The molecule has 0 radical (unpaired) electrons. The number of rotatable bonds is 5. The third kappa shape index (κ3) is 3.59. The molecule has 0 aliphatic carbocycles. The van der Waals surface area contributed by atoms with Crippen molar-refractivity contribution in [1.29, 1.82) is 0 Å². The summed E-state index contributed by atoms with van der Waals surface area (Å²) in [7, 11) is 0. The second-order valence-electron chi connectivity index (χ2n) is 4.17. The van der Waals surface area contributed by atoms with E-state index in [1.807, 2.05) is 5.38 Å². The Morgan fingerprint density at radius 1 is 1.32 bits per heavy atom. The van der Waals surface area contributed by atoms with Crippen LogP contribution in [0.5, 0.6) is 0 Å². The molecule has 0 aliphatic heterocycles. The molecule has 6 N–H and O–H groups in total. The van der Waals surface area contributed by atoms with Gasteiger partial charge in [0.15, 0.2) is 5.16 Å². The van der Waals surface area contributed by atoms with Gasteiger partial charge in [-0.05, 0) is 28.8 Å². The zero-order chi connectivity index (χ0) is 13.8. The summed E-state index contributed by atoms with van der Waals surface area (Å²) in [6.07, 6.45) is 0.880. The minimum Gasteiger partial charge on any atom is -0.383 e. The topological polar surface area (TPSA) is 104 Å². The molecule has 2 unspecified atom stereocenters. The Labute approximate surface area is 120 Å². The van der Waals surface area contributed by atoms with Crippen molar-refractivity contribution in [2.24, 2.45) is 5.73 Å². The molecule has 2 heterocycles. The molecule has 0 bridgehead atoms. The second-order valence-corrected chi connectivity index (χ2v) is 6.06. The molecule has 7 heteroatoms. The average molecular weight is 295 g/mol. The first-order valence-electron chi connectivity index (χ1n) is 5.94. The monoisotopic (exact) mass is 295 g/mol. The van der Waals surface area contributed by atoms with Crippen LogP contribution in [0.15, 0.2) is 28.0 Å². The lowest BCUT2D eigenvalue weighted by Gasteiger charge is -2.20. The Morgan fingerprint density at radius 3 is 2.53 bits per heavy atom. The summed E-state index contributed by atoms with van der Waals surface area (Å²) in [4.78, 5) is 8.40. The summed E-state index contributed by atoms with van der Waals surface area (Å²) in [5, 5.41) is 4.82. The first kappa shape index (κ1) is 14.1. The Balaban J connectivity index is 2.25. The van der Waals surface area contributed by atoms with Crippen molar-refractivity contribution in [2.45, 2.75) is 29.8 Å². The van der Waals surface area contributed by atoms with Crippen LogP contribution in [0.25, 0.3) is 0 Å². The largest absolute Gasteiger partial charge is 0.383 e. The summed E-state index contributed by atoms with van der Waals surface area (Å²) in [6.45, 7) is 2.07. The van der Waals surface area contributed by atoms with E-state index in [2.05, 4.69) is 28.3 Å². The number of hydrogen-bond acceptors (Lipinski definition) is 7. The molecule has 5 nitrogen and oxygen atoms in total. The highest BCUT2D eigenvalue weighted by Crippen LogP contribution is 2.37. The Kier molecular flexibility index (Phi) is 4.62. The van der Waals surface area contributed by atoms with Gasteiger partial charge in [-0.15, -0.1) is 0 Å². The van der Waals surface area contributed by atoms with Crippen LogP contribution in [0.2, 0.25) is 0 Å². The third-order valence-electron chi connectivity index (χ3n) is 2.71. The summed E-state index contributed by atoms with van der Waals surface area (Å²) < 4.78 is 0. The van der Waals surface area contributed by atoms with E-state index in [4.69, 9.17) is 17.2 Å². The van der Waals surface area contributed by atoms with Gasteiger partial charge in [-0.25, -0.2) is 9.97 Å². The molecule has 0 saturated carbocycles. The van der Waals surface area contributed by atoms with E-state index in [0.717, 1.165) is 6.42 Å². The van der Waals surface area contributed by atoms with Crippen LogP contribution in [0, 0.1) is 0 Å². The number of aromatic nitrogens is 2.